The van der Waals surface area contributed by atoms with Crippen molar-refractivity contribution in [3.8, 4) is 11.4 Å². The van der Waals surface area contributed by atoms with Crippen molar-refractivity contribution < 1.29 is 14.1 Å². The van der Waals surface area contributed by atoms with E-state index >= 15 is 0 Å². The van der Waals surface area contributed by atoms with Crippen LogP contribution in [0, 0.1) is 0 Å². The SMILES string of the molecule is CCc1nc(-c2cncnc2[C@H]2CN(CC(=O)N3CCCC3)CCO2)no1. The minimum atomic E-state index is -0.258. The number of rotatable bonds is 5. The highest BCUT2D eigenvalue weighted by atomic mass is 16.5. The monoisotopic (exact) mass is 372 g/mol. The van der Waals surface area contributed by atoms with Gasteiger partial charge in [-0.1, -0.05) is 12.1 Å². The van der Waals surface area contributed by atoms with Gasteiger partial charge in [-0.15, -0.1) is 0 Å². The van der Waals surface area contributed by atoms with Crippen LogP contribution in [-0.4, -0.2) is 75.1 Å². The fourth-order valence-corrected chi connectivity index (χ4v) is 3.55. The lowest BCUT2D eigenvalue weighted by Gasteiger charge is -2.33. The molecule has 0 spiro atoms. The average Bonchev–Trinajstić information content (AvgIpc) is 3.40. The Bertz CT molecular complexity index is 789. The third kappa shape index (κ3) is 3.98. The van der Waals surface area contributed by atoms with Crippen molar-refractivity contribution in [2.24, 2.45) is 0 Å². The quantitative estimate of drug-likeness (QED) is 0.769. The zero-order valence-corrected chi connectivity index (χ0v) is 15.5. The van der Waals surface area contributed by atoms with E-state index in [-0.39, 0.29) is 12.0 Å². The van der Waals surface area contributed by atoms with Gasteiger partial charge in [0.15, 0.2) is 0 Å². The van der Waals surface area contributed by atoms with E-state index in [0.717, 1.165) is 38.2 Å². The molecule has 0 N–H and O–H groups in total. The van der Waals surface area contributed by atoms with E-state index in [4.69, 9.17) is 9.26 Å². The van der Waals surface area contributed by atoms with Crippen molar-refractivity contribution >= 4 is 5.91 Å². The fourth-order valence-electron chi connectivity index (χ4n) is 3.55. The summed E-state index contributed by atoms with van der Waals surface area (Å²) in [7, 11) is 0. The molecule has 9 heteroatoms. The van der Waals surface area contributed by atoms with Crippen LogP contribution in [0.4, 0.5) is 0 Å². The number of carbonyl (C=O) groups is 1. The second-order valence-corrected chi connectivity index (χ2v) is 6.87. The number of amides is 1. The minimum absolute atomic E-state index is 0.196. The van der Waals surface area contributed by atoms with Gasteiger partial charge in [0.1, 0.15) is 12.4 Å². The number of ether oxygens (including phenoxy) is 1. The Balaban J connectivity index is 1.49. The Kier molecular flexibility index (Phi) is 5.40. The Morgan fingerprint density at radius 1 is 1.30 bits per heavy atom. The Morgan fingerprint density at radius 2 is 2.15 bits per heavy atom. The van der Waals surface area contributed by atoms with Crippen LogP contribution in [0.15, 0.2) is 17.0 Å². The molecule has 0 aliphatic carbocycles. The maximum absolute atomic E-state index is 12.5. The molecular formula is C18H24N6O3. The number of nitrogens with zero attached hydrogens (tertiary/aromatic N) is 6. The lowest BCUT2D eigenvalue weighted by Crippen LogP contribution is -2.45. The van der Waals surface area contributed by atoms with Crippen LogP contribution in [-0.2, 0) is 16.0 Å². The van der Waals surface area contributed by atoms with Gasteiger partial charge in [0.2, 0.25) is 17.6 Å². The van der Waals surface area contributed by atoms with Crippen molar-refractivity contribution in [3.05, 3.63) is 24.1 Å². The molecule has 2 fully saturated rings. The van der Waals surface area contributed by atoms with Gasteiger partial charge in [0.05, 0.1) is 24.4 Å². The smallest absolute Gasteiger partial charge is 0.236 e. The molecular weight excluding hydrogens is 348 g/mol. The molecule has 0 saturated carbocycles. The summed E-state index contributed by atoms with van der Waals surface area (Å²) >= 11 is 0. The van der Waals surface area contributed by atoms with Crippen LogP contribution < -0.4 is 0 Å². The van der Waals surface area contributed by atoms with Gasteiger partial charge in [0.25, 0.3) is 0 Å². The Hall–Kier alpha value is -2.39. The van der Waals surface area contributed by atoms with Crippen LogP contribution in [0.25, 0.3) is 11.4 Å². The predicted molar refractivity (Wildman–Crippen MR) is 95.6 cm³/mol. The summed E-state index contributed by atoms with van der Waals surface area (Å²) in [6.07, 6.45) is 5.80. The summed E-state index contributed by atoms with van der Waals surface area (Å²) in [5.74, 6) is 1.24. The first kappa shape index (κ1) is 18.0. The molecule has 2 aliphatic heterocycles. The van der Waals surface area contributed by atoms with Crippen LogP contribution in [0.5, 0.6) is 0 Å². The molecule has 27 heavy (non-hydrogen) atoms. The summed E-state index contributed by atoms with van der Waals surface area (Å²) < 4.78 is 11.2. The van der Waals surface area contributed by atoms with Gasteiger partial charge in [-0.3, -0.25) is 9.69 Å². The number of likely N-dealkylation sites (tertiary alicyclic amines) is 1. The van der Waals surface area contributed by atoms with E-state index in [0.29, 0.717) is 43.4 Å². The highest BCUT2D eigenvalue weighted by Crippen LogP contribution is 2.28. The normalized spacial score (nSPS) is 20.9. The molecule has 1 atom stereocenters. The Morgan fingerprint density at radius 3 is 2.93 bits per heavy atom. The topological polar surface area (TPSA) is 97.5 Å². The predicted octanol–water partition coefficient (Wildman–Crippen LogP) is 1.08. The molecule has 0 bridgehead atoms. The first-order valence-electron chi connectivity index (χ1n) is 9.49. The second-order valence-electron chi connectivity index (χ2n) is 6.87. The third-order valence-corrected chi connectivity index (χ3v) is 5.03. The van der Waals surface area contributed by atoms with Gasteiger partial charge < -0.3 is 14.2 Å². The summed E-state index contributed by atoms with van der Waals surface area (Å²) in [4.78, 5) is 29.5. The number of morpholine rings is 1. The lowest BCUT2D eigenvalue weighted by molar-refractivity contribution is -0.133. The number of aromatic nitrogens is 4. The molecule has 4 rings (SSSR count). The number of hydrogen-bond acceptors (Lipinski definition) is 8. The molecule has 1 amide bonds. The van der Waals surface area contributed by atoms with Crippen LogP contribution in [0.3, 0.4) is 0 Å². The van der Waals surface area contributed by atoms with Crippen molar-refractivity contribution in [1.29, 1.82) is 0 Å². The van der Waals surface area contributed by atoms with Crippen molar-refractivity contribution in [3.63, 3.8) is 0 Å². The molecule has 0 unspecified atom stereocenters. The number of aryl methyl sites for hydroxylation is 1. The maximum Gasteiger partial charge on any atom is 0.236 e. The summed E-state index contributed by atoms with van der Waals surface area (Å²) in [5, 5.41) is 4.04. The zero-order chi connectivity index (χ0) is 18.6. The molecule has 2 aliphatic rings. The molecule has 2 aromatic rings. The summed E-state index contributed by atoms with van der Waals surface area (Å²) in [6, 6.07) is 0. The van der Waals surface area contributed by atoms with Gasteiger partial charge in [-0.05, 0) is 12.8 Å². The van der Waals surface area contributed by atoms with Crippen LogP contribution in [0.2, 0.25) is 0 Å². The fraction of sp³-hybridized carbons (Fsp3) is 0.611. The van der Waals surface area contributed by atoms with Crippen LogP contribution in [0.1, 0.15) is 37.5 Å². The molecule has 2 saturated heterocycles. The van der Waals surface area contributed by atoms with E-state index < -0.39 is 0 Å². The largest absolute Gasteiger partial charge is 0.369 e. The lowest BCUT2D eigenvalue weighted by atomic mass is 10.1. The molecule has 4 heterocycles. The van der Waals surface area contributed by atoms with Crippen LogP contribution >= 0.6 is 0 Å². The van der Waals surface area contributed by atoms with E-state index in [1.54, 1.807) is 6.20 Å². The standard InChI is InChI=1S/C18H24N6O3/c1-2-15-21-18(22-27-15)13-9-19-12-20-17(13)14-10-23(7-8-26-14)11-16(25)24-5-3-4-6-24/h9,12,14H,2-8,10-11H2,1H3/t14-/m1/s1. The minimum Gasteiger partial charge on any atom is -0.369 e. The summed E-state index contributed by atoms with van der Waals surface area (Å²) in [6.45, 7) is 6.01. The molecule has 0 aromatic carbocycles. The van der Waals surface area contributed by atoms with E-state index in [1.165, 1.54) is 6.33 Å². The molecule has 2 aromatic heterocycles. The molecule has 9 nitrogen and oxygen atoms in total. The highest BCUT2D eigenvalue weighted by Gasteiger charge is 2.29. The number of carbonyl (C=O) groups excluding carboxylic acids is 1. The van der Waals surface area contributed by atoms with E-state index in [9.17, 15) is 4.79 Å². The maximum atomic E-state index is 12.5. The highest BCUT2D eigenvalue weighted by molar-refractivity contribution is 5.78. The summed E-state index contributed by atoms with van der Waals surface area (Å²) in [5.41, 5.74) is 1.44. The number of hydrogen-bond donors (Lipinski definition) is 0. The Labute approximate surface area is 157 Å². The van der Waals surface area contributed by atoms with Gasteiger partial charge in [-0.2, -0.15) is 4.98 Å². The van der Waals surface area contributed by atoms with Gasteiger partial charge >= 0.3 is 0 Å². The second kappa shape index (κ2) is 8.10. The van der Waals surface area contributed by atoms with Crippen molar-refractivity contribution in [1.82, 2.24) is 29.9 Å². The first-order valence-corrected chi connectivity index (χ1v) is 9.49. The van der Waals surface area contributed by atoms with Crippen molar-refractivity contribution in [2.45, 2.75) is 32.3 Å². The van der Waals surface area contributed by atoms with Gasteiger partial charge in [0, 0.05) is 38.8 Å². The van der Waals surface area contributed by atoms with Crippen molar-refractivity contribution in [2.75, 3.05) is 39.3 Å². The van der Waals surface area contributed by atoms with Gasteiger partial charge in [-0.25, -0.2) is 9.97 Å². The molecule has 0 radical (unpaired) electrons. The van der Waals surface area contributed by atoms with E-state index in [2.05, 4.69) is 25.0 Å². The third-order valence-electron chi connectivity index (χ3n) is 5.03. The molecule has 144 valence electrons. The van der Waals surface area contributed by atoms with E-state index in [1.807, 2.05) is 11.8 Å². The average molecular weight is 372 g/mol. The first-order chi connectivity index (χ1) is 13.2. The zero-order valence-electron chi connectivity index (χ0n) is 15.5.